The maximum absolute atomic E-state index is 11.6. The molecular formula is C25H30N2O4S. The number of hydrogen-bond donors (Lipinski definition) is 0. The lowest BCUT2D eigenvalue weighted by Gasteiger charge is -2.20. The number of aryl methyl sites for hydroxylation is 1. The maximum atomic E-state index is 11.6. The summed E-state index contributed by atoms with van der Waals surface area (Å²) < 4.78 is 34.9. The number of likely N-dealkylation sites (tertiary alicyclic amines) is 1. The summed E-state index contributed by atoms with van der Waals surface area (Å²) >= 11 is 0. The number of rotatable bonds is 8. The summed E-state index contributed by atoms with van der Waals surface area (Å²) in [5, 5.41) is 0. The molecule has 1 aliphatic rings. The predicted molar refractivity (Wildman–Crippen MR) is 125 cm³/mol. The van der Waals surface area contributed by atoms with E-state index in [-0.39, 0.29) is 0 Å². The molecule has 4 rings (SSSR count). The highest BCUT2D eigenvalue weighted by Crippen LogP contribution is 2.25. The van der Waals surface area contributed by atoms with Crippen LogP contribution >= 0.6 is 0 Å². The van der Waals surface area contributed by atoms with Crippen LogP contribution in [0.25, 0.3) is 11.5 Å². The van der Waals surface area contributed by atoms with Gasteiger partial charge in [-0.05, 0) is 75.2 Å². The van der Waals surface area contributed by atoms with Gasteiger partial charge in [0.15, 0.2) is 9.84 Å². The molecule has 0 radical (unpaired) electrons. The lowest BCUT2D eigenvalue weighted by atomic mass is 10.2. The Labute approximate surface area is 190 Å². The molecule has 32 heavy (non-hydrogen) atoms. The van der Waals surface area contributed by atoms with E-state index < -0.39 is 9.84 Å². The Hall–Kier alpha value is -2.64. The van der Waals surface area contributed by atoms with Crippen LogP contribution < -0.4 is 4.74 Å². The Morgan fingerprint density at radius 2 is 1.84 bits per heavy atom. The Morgan fingerprint density at radius 3 is 2.47 bits per heavy atom. The van der Waals surface area contributed by atoms with Crippen molar-refractivity contribution >= 4 is 9.84 Å². The zero-order valence-electron chi connectivity index (χ0n) is 18.9. The van der Waals surface area contributed by atoms with E-state index in [0.717, 1.165) is 41.3 Å². The first-order chi connectivity index (χ1) is 15.3. The first kappa shape index (κ1) is 22.6. The van der Waals surface area contributed by atoms with Crippen LogP contribution in [-0.2, 0) is 22.9 Å². The molecule has 1 fully saturated rings. The highest BCUT2D eigenvalue weighted by atomic mass is 32.2. The fourth-order valence-corrected chi connectivity index (χ4v) is 4.68. The second-order valence-corrected chi connectivity index (χ2v) is 10.5. The van der Waals surface area contributed by atoms with E-state index in [1.807, 2.05) is 31.2 Å². The fourth-order valence-electron chi connectivity index (χ4n) is 4.05. The van der Waals surface area contributed by atoms with Crippen LogP contribution in [0.5, 0.6) is 5.75 Å². The number of oxazole rings is 1. The molecule has 170 valence electrons. The van der Waals surface area contributed by atoms with E-state index in [2.05, 4.69) is 11.8 Å². The minimum Gasteiger partial charge on any atom is -0.489 e. The summed E-state index contributed by atoms with van der Waals surface area (Å²) in [6.07, 6.45) is 4.67. The topological polar surface area (TPSA) is 72.6 Å². The van der Waals surface area contributed by atoms with Gasteiger partial charge < -0.3 is 14.1 Å². The molecular weight excluding hydrogens is 424 g/mol. The maximum Gasteiger partial charge on any atom is 0.226 e. The number of aromatic nitrogens is 1. The van der Waals surface area contributed by atoms with Crippen LogP contribution in [0, 0.1) is 6.92 Å². The van der Waals surface area contributed by atoms with Crippen molar-refractivity contribution in [3.05, 3.63) is 65.5 Å². The lowest BCUT2D eigenvalue weighted by molar-refractivity contribution is 0.271. The molecule has 7 heteroatoms. The van der Waals surface area contributed by atoms with Crippen molar-refractivity contribution < 1.29 is 17.6 Å². The second kappa shape index (κ2) is 9.46. The van der Waals surface area contributed by atoms with Gasteiger partial charge in [0.25, 0.3) is 0 Å². The Kier molecular flexibility index (Phi) is 6.67. The van der Waals surface area contributed by atoms with Crippen LogP contribution in [0.2, 0.25) is 0 Å². The SMILES string of the molecule is Cc1oc(-c2ccc(OCc3ccc(S(C)(=O)=O)cc3)cc2)nc1CCN1CCCC1C. The van der Waals surface area contributed by atoms with E-state index in [4.69, 9.17) is 14.1 Å². The van der Waals surface area contributed by atoms with E-state index in [9.17, 15) is 8.42 Å². The van der Waals surface area contributed by atoms with Gasteiger partial charge in [-0.15, -0.1) is 0 Å². The fraction of sp³-hybridized carbons (Fsp3) is 0.400. The van der Waals surface area contributed by atoms with Gasteiger partial charge >= 0.3 is 0 Å². The van der Waals surface area contributed by atoms with Crippen LogP contribution in [-0.4, -0.2) is 43.7 Å². The summed E-state index contributed by atoms with van der Waals surface area (Å²) in [5.74, 6) is 2.24. The molecule has 3 aromatic rings. The minimum absolute atomic E-state index is 0.307. The van der Waals surface area contributed by atoms with Gasteiger partial charge in [-0.1, -0.05) is 12.1 Å². The first-order valence-electron chi connectivity index (χ1n) is 11.0. The van der Waals surface area contributed by atoms with E-state index in [1.165, 1.54) is 25.6 Å². The van der Waals surface area contributed by atoms with Crippen molar-refractivity contribution in [1.82, 2.24) is 9.88 Å². The average molecular weight is 455 g/mol. The summed E-state index contributed by atoms with van der Waals surface area (Å²) in [6, 6.07) is 15.1. The largest absolute Gasteiger partial charge is 0.489 e. The van der Waals surface area contributed by atoms with Gasteiger partial charge in [0, 0.05) is 30.8 Å². The number of hydrogen-bond acceptors (Lipinski definition) is 6. The average Bonchev–Trinajstić information content (AvgIpc) is 3.35. The van der Waals surface area contributed by atoms with E-state index in [1.54, 1.807) is 24.3 Å². The Balaban J connectivity index is 1.35. The van der Waals surface area contributed by atoms with Gasteiger partial charge in [0.2, 0.25) is 5.89 Å². The summed E-state index contributed by atoms with van der Waals surface area (Å²) in [5.41, 5.74) is 2.84. The van der Waals surface area contributed by atoms with Crippen LogP contribution in [0.15, 0.2) is 57.8 Å². The van der Waals surface area contributed by atoms with Crippen LogP contribution in [0.1, 0.15) is 36.8 Å². The van der Waals surface area contributed by atoms with Crippen molar-refractivity contribution in [2.24, 2.45) is 0 Å². The third-order valence-electron chi connectivity index (χ3n) is 6.08. The quantitative estimate of drug-likeness (QED) is 0.493. The molecule has 0 aliphatic carbocycles. The van der Waals surface area contributed by atoms with Crippen molar-refractivity contribution in [2.75, 3.05) is 19.3 Å². The molecule has 1 aromatic heterocycles. The number of nitrogens with zero attached hydrogens (tertiary/aromatic N) is 2. The summed E-state index contributed by atoms with van der Waals surface area (Å²) in [4.78, 5) is 7.56. The van der Waals surface area contributed by atoms with Gasteiger partial charge in [-0.2, -0.15) is 0 Å². The molecule has 0 saturated carbocycles. The normalized spacial score (nSPS) is 17.0. The van der Waals surface area contributed by atoms with Crippen LogP contribution in [0.4, 0.5) is 0 Å². The zero-order valence-corrected chi connectivity index (χ0v) is 19.7. The second-order valence-electron chi connectivity index (χ2n) is 8.53. The molecule has 1 atom stereocenters. The van der Waals surface area contributed by atoms with E-state index >= 15 is 0 Å². The Morgan fingerprint density at radius 1 is 1.12 bits per heavy atom. The molecule has 2 heterocycles. The van der Waals surface area contributed by atoms with Crippen LogP contribution in [0.3, 0.4) is 0 Å². The van der Waals surface area contributed by atoms with Crippen molar-refractivity contribution in [3.63, 3.8) is 0 Å². The molecule has 2 aromatic carbocycles. The van der Waals surface area contributed by atoms with E-state index in [0.29, 0.717) is 23.4 Å². The molecule has 6 nitrogen and oxygen atoms in total. The highest BCUT2D eigenvalue weighted by molar-refractivity contribution is 7.90. The van der Waals surface area contributed by atoms with Gasteiger partial charge in [-0.25, -0.2) is 13.4 Å². The van der Waals surface area contributed by atoms with Crippen molar-refractivity contribution in [3.8, 4) is 17.2 Å². The van der Waals surface area contributed by atoms with Gasteiger partial charge in [0.05, 0.1) is 10.6 Å². The number of benzene rings is 2. The van der Waals surface area contributed by atoms with Gasteiger partial charge in [-0.3, -0.25) is 0 Å². The number of ether oxygens (including phenoxy) is 1. The molecule has 0 N–H and O–H groups in total. The smallest absolute Gasteiger partial charge is 0.226 e. The standard InChI is InChI=1S/C25H30N2O4S/c1-18-5-4-15-27(18)16-14-24-19(2)31-25(26-24)21-8-10-22(11-9-21)30-17-20-6-12-23(13-7-20)32(3,28)29/h6-13,18H,4-5,14-17H2,1-3H3. The highest BCUT2D eigenvalue weighted by Gasteiger charge is 2.21. The predicted octanol–water partition coefficient (Wildman–Crippen LogP) is 4.66. The van der Waals surface area contributed by atoms with Gasteiger partial charge in [0.1, 0.15) is 18.1 Å². The monoisotopic (exact) mass is 454 g/mol. The lowest BCUT2D eigenvalue weighted by Crippen LogP contribution is -2.29. The molecule has 0 spiro atoms. The molecule has 1 unspecified atom stereocenters. The van der Waals surface area contributed by atoms with Crippen molar-refractivity contribution in [1.29, 1.82) is 0 Å². The molecule has 0 bridgehead atoms. The third-order valence-corrected chi connectivity index (χ3v) is 7.21. The summed E-state index contributed by atoms with van der Waals surface area (Å²) in [7, 11) is -3.19. The molecule has 0 amide bonds. The first-order valence-corrected chi connectivity index (χ1v) is 12.9. The minimum atomic E-state index is -3.19. The summed E-state index contributed by atoms with van der Waals surface area (Å²) in [6.45, 7) is 6.83. The van der Waals surface area contributed by atoms with Crippen molar-refractivity contribution in [2.45, 2.75) is 50.7 Å². The zero-order chi connectivity index (χ0) is 22.7. The number of sulfone groups is 1. The third kappa shape index (κ3) is 5.40. The Bertz CT molecular complexity index is 1150. The molecule has 1 saturated heterocycles. The molecule has 1 aliphatic heterocycles.